The molecule has 0 saturated carbocycles. The Balaban J connectivity index is 2.01. The van der Waals surface area contributed by atoms with Crippen LogP contribution in [0, 0.1) is 0 Å². The summed E-state index contributed by atoms with van der Waals surface area (Å²) in [5.41, 5.74) is 0.971. The summed E-state index contributed by atoms with van der Waals surface area (Å²) >= 11 is 0. The van der Waals surface area contributed by atoms with Gasteiger partial charge in [-0.25, -0.2) is 0 Å². The average Bonchev–Trinajstić information content (AvgIpc) is 2.47. The van der Waals surface area contributed by atoms with Gasteiger partial charge in [0, 0.05) is 29.1 Å². The van der Waals surface area contributed by atoms with Gasteiger partial charge in [0.05, 0.1) is 13.2 Å². The number of phenolic OH excluding ortho intramolecular Hbond substituents is 1. The quantitative estimate of drug-likeness (QED) is 0.913. The molecular weight excluding hydrogens is 262 g/mol. The van der Waals surface area contributed by atoms with E-state index in [4.69, 9.17) is 4.74 Å². The smallest absolute Gasteiger partial charge is 0.128 e. The zero-order valence-electron chi connectivity index (χ0n) is 13.0. The number of morpholine rings is 1. The van der Waals surface area contributed by atoms with Gasteiger partial charge in [-0.15, -0.1) is 0 Å². The average molecular weight is 285 g/mol. The maximum atomic E-state index is 10.7. The first-order valence-electron chi connectivity index (χ1n) is 7.56. The number of hydrogen-bond donors (Lipinski definition) is 1. The summed E-state index contributed by atoms with van der Waals surface area (Å²) in [6.07, 6.45) is 0. The summed E-state index contributed by atoms with van der Waals surface area (Å²) in [7, 11) is 0. The van der Waals surface area contributed by atoms with Crippen LogP contribution in [-0.4, -0.2) is 35.3 Å². The van der Waals surface area contributed by atoms with Crippen LogP contribution < -0.4 is 0 Å². The first-order valence-corrected chi connectivity index (χ1v) is 7.56. The van der Waals surface area contributed by atoms with Crippen LogP contribution in [0.1, 0.15) is 32.4 Å². The van der Waals surface area contributed by atoms with E-state index in [1.807, 2.05) is 30.3 Å². The van der Waals surface area contributed by atoms with Gasteiger partial charge in [-0.3, -0.25) is 4.90 Å². The van der Waals surface area contributed by atoms with Crippen molar-refractivity contribution in [3.63, 3.8) is 0 Å². The predicted molar refractivity (Wildman–Crippen MR) is 85.6 cm³/mol. The minimum Gasteiger partial charge on any atom is -0.507 e. The van der Waals surface area contributed by atoms with Crippen molar-refractivity contribution in [2.45, 2.75) is 32.4 Å². The van der Waals surface area contributed by atoms with Crippen LogP contribution in [0.5, 0.6) is 5.75 Å². The topological polar surface area (TPSA) is 32.7 Å². The molecule has 0 amide bonds. The van der Waals surface area contributed by atoms with Crippen LogP contribution in [0.4, 0.5) is 0 Å². The molecule has 1 aliphatic heterocycles. The Morgan fingerprint density at radius 2 is 1.95 bits per heavy atom. The van der Waals surface area contributed by atoms with E-state index in [0.717, 1.165) is 36.1 Å². The zero-order chi connectivity index (χ0) is 15.0. The van der Waals surface area contributed by atoms with Crippen molar-refractivity contribution in [2.24, 2.45) is 0 Å². The molecule has 112 valence electrons. The highest BCUT2D eigenvalue weighted by atomic mass is 16.5. The van der Waals surface area contributed by atoms with Gasteiger partial charge >= 0.3 is 0 Å². The minimum absolute atomic E-state index is 0.0181. The van der Waals surface area contributed by atoms with Crippen LogP contribution in [0.3, 0.4) is 0 Å². The Labute approximate surface area is 126 Å². The van der Waals surface area contributed by atoms with E-state index in [2.05, 4.69) is 31.7 Å². The number of ether oxygens (including phenoxy) is 1. The van der Waals surface area contributed by atoms with Crippen LogP contribution in [0.2, 0.25) is 0 Å². The maximum Gasteiger partial charge on any atom is 0.128 e. The van der Waals surface area contributed by atoms with E-state index in [9.17, 15) is 5.11 Å². The van der Waals surface area contributed by atoms with Gasteiger partial charge in [-0.2, -0.15) is 0 Å². The van der Waals surface area contributed by atoms with Gasteiger partial charge in [0.2, 0.25) is 0 Å². The van der Waals surface area contributed by atoms with E-state index in [0.29, 0.717) is 5.75 Å². The summed E-state index contributed by atoms with van der Waals surface area (Å²) in [5.74, 6) is 0.405. The molecule has 1 saturated heterocycles. The largest absolute Gasteiger partial charge is 0.507 e. The molecule has 3 heteroatoms. The Kier molecular flexibility index (Phi) is 3.64. The molecule has 1 heterocycles. The molecule has 1 N–H and O–H groups in total. The number of fused-ring (bicyclic) bond motifs is 1. The fraction of sp³-hybridized carbons (Fsp3) is 0.444. The van der Waals surface area contributed by atoms with Crippen molar-refractivity contribution in [3.05, 3.63) is 42.0 Å². The standard InChI is InChI=1S/C18H23NO2/c1-13(19-10-11-21-12-18(19,2)3)15-9-8-14-6-4-5-7-16(14)17(15)20/h4-9,13,20H,10-12H2,1-3H3. The van der Waals surface area contributed by atoms with Crippen molar-refractivity contribution >= 4 is 10.8 Å². The summed E-state index contributed by atoms with van der Waals surface area (Å²) < 4.78 is 5.60. The normalized spacial score (nSPS) is 20.5. The third-order valence-corrected chi connectivity index (χ3v) is 4.56. The molecule has 1 unspecified atom stereocenters. The molecule has 3 nitrogen and oxygen atoms in total. The Hall–Kier alpha value is -1.58. The van der Waals surface area contributed by atoms with Crippen LogP contribution in [0.25, 0.3) is 10.8 Å². The molecule has 2 aromatic carbocycles. The molecule has 21 heavy (non-hydrogen) atoms. The van der Waals surface area contributed by atoms with Gasteiger partial charge in [0.1, 0.15) is 5.75 Å². The lowest BCUT2D eigenvalue weighted by Crippen LogP contribution is -2.53. The number of benzene rings is 2. The molecule has 0 bridgehead atoms. The molecular formula is C18H23NO2. The number of rotatable bonds is 2. The Morgan fingerprint density at radius 3 is 2.71 bits per heavy atom. The summed E-state index contributed by atoms with van der Waals surface area (Å²) in [5, 5.41) is 12.7. The van der Waals surface area contributed by atoms with Crippen molar-refractivity contribution in [1.82, 2.24) is 4.90 Å². The zero-order valence-corrected chi connectivity index (χ0v) is 13.0. The molecule has 0 spiro atoms. The predicted octanol–water partition coefficient (Wildman–Crippen LogP) is 3.72. The molecule has 1 atom stereocenters. The Bertz CT molecular complexity index is 651. The minimum atomic E-state index is -0.0181. The third kappa shape index (κ3) is 2.52. The highest BCUT2D eigenvalue weighted by molar-refractivity contribution is 5.89. The van der Waals surface area contributed by atoms with Crippen LogP contribution in [-0.2, 0) is 4.74 Å². The summed E-state index contributed by atoms with van der Waals surface area (Å²) in [4.78, 5) is 2.42. The highest BCUT2D eigenvalue weighted by Crippen LogP contribution is 2.38. The van der Waals surface area contributed by atoms with Gasteiger partial charge in [-0.05, 0) is 26.2 Å². The first-order chi connectivity index (χ1) is 10.0. The lowest BCUT2D eigenvalue weighted by molar-refractivity contribution is -0.0698. The maximum absolute atomic E-state index is 10.7. The fourth-order valence-electron chi connectivity index (χ4n) is 3.37. The fourth-order valence-corrected chi connectivity index (χ4v) is 3.37. The van der Waals surface area contributed by atoms with Gasteiger partial charge in [0.25, 0.3) is 0 Å². The first kappa shape index (κ1) is 14.4. The number of aromatic hydroxyl groups is 1. The molecule has 2 aromatic rings. The van der Waals surface area contributed by atoms with Crippen LogP contribution >= 0.6 is 0 Å². The molecule has 0 radical (unpaired) electrons. The molecule has 0 aromatic heterocycles. The monoisotopic (exact) mass is 285 g/mol. The summed E-state index contributed by atoms with van der Waals surface area (Å²) in [6, 6.07) is 12.3. The third-order valence-electron chi connectivity index (χ3n) is 4.56. The van der Waals surface area contributed by atoms with E-state index in [1.165, 1.54) is 0 Å². The van der Waals surface area contributed by atoms with Gasteiger partial charge in [-0.1, -0.05) is 36.4 Å². The van der Waals surface area contributed by atoms with Crippen molar-refractivity contribution in [1.29, 1.82) is 0 Å². The second-order valence-electron chi connectivity index (χ2n) is 6.46. The second kappa shape index (κ2) is 5.32. The van der Waals surface area contributed by atoms with E-state index >= 15 is 0 Å². The van der Waals surface area contributed by atoms with E-state index < -0.39 is 0 Å². The molecule has 0 aliphatic carbocycles. The van der Waals surface area contributed by atoms with E-state index in [-0.39, 0.29) is 11.6 Å². The molecule has 1 fully saturated rings. The van der Waals surface area contributed by atoms with E-state index in [1.54, 1.807) is 0 Å². The number of hydrogen-bond acceptors (Lipinski definition) is 3. The van der Waals surface area contributed by atoms with Gasteiger partial charge < -0.3 is 9.84 Å². The van der Waals surface area contributed by atoms with Crippen molar-refractivity contribution < 1.29 is 9.84 Å². The SMILES string of the molecule is CC(c1ccc2ccccc2c1O)N1CCOCC1(C)C. The lowest BCUT2D eigenvalue weighted by Gasteiger charge is -2.45. The second-order valence-corrected chi connectivity index (χ2v) is 6.46. The Morgan fingerprint density at radius 1 is 1.19 bits per heavy atom. The van der Waals surface area contributed by atoms with Gasteiger partial charge in [0.15, 0.2) is 0 Å². The van der Waals surface area contributed by atoms with Crippen molar-refractivity contribution in [2.75, 3.05) is 19.8 Å². The van der Waals surface area contributed by atoms with Crippen LogP contribution in [0.15, 0.2) is 36.4 Å². The van der Waals surface area contributed by atoms with Crippen molar-refractivity contribution in [3.8, 4) is 5.75 Å². The number of phenols is 1. The summed E-state index contributed by atoms with van der Waals surface area (Å²) in [6.45, 7) is 8.92. The lowest BCUT2D eigenvalue weighted by atomic mass is 9.94. The number of nitrogens with zero attached hydrogens (tertiary/aromatic N) is 1. The molecule has 3 rings (SSSR count). The molecule has 1 aliphatic rings. The highest BCUT2D eigenvalue weighted by Gasteiger charge is 2.35.